The van der Waals surface area contributed by atoms with Gasteiger partial charge in [0, 0.05) is 30.4 Å². The second-order valence-corrected chi connectivity index (χ2v) is 5.89. The van der Waals surface area contributed by atoms with E-state index in [-0.39, 0.29) is 5.91 Å². The first-order valence-electron chi connectivity index (χ1n) is 8.06. The van der Waals surface area contributed by atoms with E-state index in [0.29, 0.717) is 24.4 Å². The van der Waals surface area contributed by atoms with Crippen molar-refractivity contribution in [2.45, 2.75) is 13.0 Å². The highest BCUT2D eigenvalue weighted by molar-refractivity contribution is 6.04. The third-order valence-corrected chi connectivity index (χ3v) is 3.56. The molecule has 0 saturated heterocycles. The average molecular weight is 327 g/mol. The zero-order valence-electron chi connectivity index (χ0n) is 14.3. The van der Waals surface area contributed by atoms with Crippen molar-refractivity contribution in [2.75, 3.05) is 32.6 Å². The highest BCUT2D eigenvalue weighted by Gasteiger charge is 2.06. The van der Waals surface area contributed by atoms with Crippen LogP contribution in [-0.4, -0.2) is 38.1 Å². The quantitative estimate of drug-likeness (QED) is 0.732. The Hall–Kier alpha value is -2.37. The predicted molar refractivity (Wildman–Crippen MR) is 97.4 cm³/mol. The maximum Gasteiger partial charge on any atom is 0.255 e. The first-order chi connectivity index (χ1) is 11.6. The molecule has 0 fully saturated rings. The molecule has 3 N–H and O–H groups in total. The molecule has 0 unspecified atom stereocenters. The third kappa shape index (κ3) is 5.68. The Balaban J connectivity index is 1.91. The van der Waals surface area contributed by atoms with Crippen LogP contribution in [-0.2, 0) is 6.54 Å². The van der Waals surface area contributed by atoms with Crippen molar-refractivity contribution >= 4 is 11.6 Å². The largest absolute Gasteiger partial charge is 0.493 e. The minimum Gasteiger partial charge on any atom is -0.493 e. The van der Waals surface area contributed by atoms with Gasteiger partial charge in [-0.25, -0.2) is 0 Å². The maximum absolute atomic E-state index is 12.3. The van der Waals surface area contributed by atoms with Gasteiger partial charge in [0.15, 0.2) is 0 Å². The van der Waals surface area contributed by atoms with Crippen LogP contribution >= 0.6 is 0 Å². The molecule has 5 heteroatoms. The van der Waals surface area contributed by atoms with E-state index in [2.05, 4.69) is 10.2 Å². The normalized spacial score (nSPS) is 10.7. The topological polar surface area (TPSA) is 67.6 Å². The van der Waals surface area contributed by atoms with E-state index in [9.17, 15) is 4.79 Å². The van der Waals surface area contributed by atoms with Crippen molar-refractivity contribution in [1.82, 2.24) is 4.90 Å². The lowest BCUT2D eigenvalue weighted by molar-refractivity contribution is 0.102. The molecule has 2 rings (SSSR count). The Bertz CT molecular complexity index is 654. The summed E-state index contributed by atoms with van der Waals surface area (Å²) >= 11 is 0. The molecule has 0 aliphatic carbocycles. The van der Waals surface area contributed by atoms with Crippen LogP contribution < -0.4 is 15.8 Å². The number of hydrogen-bond donors (Lipinski definition) is 2. The number of carbonyl (C=O) groups is 1. The molecule has 24 heavy (non-hydrogen) atoms. The third-order valence-electron chi connectivity index (χ3n) is 3.56. The van der Waals surface area contributed by atoms with Crippen LogP contribution in [0.2, 0.25) is 0 Å². The van der Waals surface area contributed by atoms with Gasteiger partial charge in [0.05, 0.1) is 6.61 Å². The fourth-order valence-electron chi connectivity index (χ4n) is 2.23. The van der Waals surface area contributed by atoms with Gasteiger partial charge in [-0.15, -0.1) is 0 Å². The van der Waals surface area contributed by atoms with Crippen molar-refractivity contribution in [2.24, 2.45) is 5.73 Å². The number of nitrogens with zero attached hydrogens (tertiary/aromatic N) is 1. The van der Waals surface area contributed by atoms with Gasteiger partial charge in [0.25, 0.3) is 5.91 Å². The number of carbonyl (C=O) groups excluding carboxylic acids is 1. The first kappa shape index (κ1) is 18.0. The summed E-state index contributed by atoms with van der Waals surface area (Å²) in [5.74, 6) is 0.605. The molecule has 0 aliphatic heterocycles. The molecule has 1 amide bonds. The molecule has 0 aliphatic rings. The first-order valence-corrected chi connectivity index (χ1v) is 8.06. The van der Waals surface area contributed by atoms with Gasteiger partial charge in [-0.2, -0.15) is 0 Å². The monoisotopic (exact) mass is 327 g/mol. The summed E-state index contributed by atoms with van der Waals surface area (Å²) in [6.07, 6.45) is 0.955. The van der Waals surface area contributed by atoms with E-state index >= 15 is 0 Å². The molecule has 0 bridgehead atoms. The second kappa shape index (κ2) is 9.05. The van der Waals surface area contributed by atoms with Crippen molar-refractivity contribution < 1.29 is 9.53 Å². The number of benzene rings is 2. The smallest absolute Gasteiger partial charge is 0.255 e. The summed E-state index contributed by atoms with van der Waals surface area (Å²) < 4.78 is 5.72. The maximum atomic E-state index is 12.3. The number of anilines is 1. The molecule has 2 aromatic carbocycles. The van der Waals surface area contributed by atoms with E-state index in [4.69, 9.17) is 10.5 Å². The van der Waals surface area contributed by atoms with E-state index in [1.54, 1.807) is 12.1 Å². The molecule has 128 valence electrons. The van der Waals surface area contributed by atoms with Gasteiger partial charge in [-0.05, 0) is 50.3 Å². The summed E-state index contributed by atoms with van der Waals surface area (Å²) in [6, 6.07) is 14.7. The van der Waals surface area contributed by atoms with Crippen molar-refractivity contribution in [3.8, 4) is 5.75 Å². The summed E-state index contributed by atoms with van der Waals surface area (Å²) in [5, 5.41) is 2.89. The lowest BCUT2D eigenvalue weighted by Gasteiger charge is -2.11. The molecule has 0 aromatic heterocycles. The molecule has 0 spiro atoms. The van der Waals surface area contributed by atoms with Crippen molar-refractivity contribution in [3.63, 3.8) is 0 Å². The number of nitrogens with one attached hydrogen (secondary N) is 1. The standard InChI is InChI=1S/C19H25N3O2/c1-22(2)11-4-12-24-18-6-3-5-17(13-18)21-19(23)16-9-7-15(14-20)8-10-16/h3,5-10,13H,4,11-12,14,20H2,1-2H3,(H,21,23). The Morgan fingerprint density at radius 2 is 1.92 bits per heavy atom. The SMILES string of the molecule is CN(C)CCCOc1cccc(NC(=O)c2ccc(CN)cc2)c1. The lowest BCUT2D eigenvalue weighted by atomic mass is 10.1. The Labute approximate surface area is 143 Å². The fraction of sp³-hybridized carbons (Fsp3) is 0.316. The molecule has 0 saturated carbocycles. The van der Waals surface area contributed by atoms with Gasteiger partial charge < -0.3 is 20.7 Å². The number of rotatable bonds is 8. The van der Waals surface area contributed by atoms with Crippen LogP contribution in [0.25, 0.3) is 0 Å². The van der Waals surface area contributed by atoms with Crippen LogP contribution in [0.1, 0.15) is 22.3 Å². The van der Waals surface area contributed by atoms with Crippen molar-refractivity contribution in [3.05, 3.63) is 59.7 Å². The van der Waals surface area contributed by atoms with Gasteiger partial charge in [-0.1, -0.05) is 18.2 Å². The Morgan fingerprint density at radius 1 is 1.17 bits per heavy atom. The highest BCUT2D eigenvalue weighted by atomic mass is 16.5. The summed E-state index contributed by atoms with van der Waals surface area (Å²) in [5.41, 5.74) is 7.88. The minimum absolute atomic E-state index is 0.150. The van der Waals surface area contributed by atoms with E-state index < -0.39 is 0 Å². The predicted octanol–water partition coefficient (Wildman–Crippen LogP) is 2.73. The molecule has 0 heterocycles. The van der Waals surface area contributed by atoms with Gasteiger partial charge in [0.2, 0.25) is 0 Å². The number of hydrogen-bond acceptors (Lipinski definition) is 4. The molecular weight excluding hydrogens is 302 g/mol. The van der Waals surface area contributed by atoms with Crippen LogP contribution in [0.4, 0.5) is 5.69 Å². The average Bonchev–Trinajstić information content (AvgIpc) is 2.59. The Kier molecular flexibility index (Phi) is 6.78. The molecular formula is C19H25N3O2. The second-order valence-electron chi connectivity index (χ2n) is 5.89. The van der Waals surface area contributed by atoms with Gasteiger partial charge in [-0.3, -0.25) is 4.79 Å². The minimum atomic E-state index is -0.150. The van der Waals surface area contributed by atoms with Crippen LogP contribution in [0.15, 0.2) is 48.5 Å². The van der Waals surface area contributed by atoms with E-state index in [0.717, 1.165) is 24.3 Å². The highest BCUT2D eigenvalue weighted by Crippen LogP contribution is 2.18. The summed E-state index contributed by atoms with van der Waals surface area (Å²) in [7, 11) is 4.08. The van der Waals surface area contributed by atoms with Crippen molar-refractivity contribution in [1.29, 1.82) is 0 Å². The summed E-state index contributed by atoms with van der Waals surface area (Å²) in [4.78, 5) is 14.4. The zero-order valence-corrected chi connectivity index (χ0v) is 14.3. The molecule has 0 radical (unpaired) electrons. The van der Waals surface area contributed by atoms with Gasteiger partial charge >= 0.3 is 0 Å². The lowest BCUT2D eigenvalue weighted by Crippen LogP contribution is -2.15. The van der Waals surface area contributed by atoms with Crippen LogP contribution in [0, 0.1) is 0 Å². The molecule has 0 atom stereocenters. The molecule has 5 nitrogen and oxygen atoms in total. The number of amides is 1. The molecule has 2 aromatic rings. The zero-order chi connectivity index (χ0) is 17.4. The van der Waals surface area contributed by atoms with E-state index in [1.165, 1.54) is 0 Å². The fourth-order valence-corrected chi connectivity index (χ4v) is 2.23. The van der Waals surface area contributed by atoms with Crippen LogP contribution in [0.3, 0.4) is 0 Å². The number of ether oxygens (including phenoxy) is 1. The number of nitrogens with two attached hydrogens (primary N) is 1. The van der Waals surface area contributed by atoms with Gasteiger partial charge in [0.1, 0.15) is 5.75 Å². The van der Waals surface area contributed by atoms with Crippen LogP contribution in [0.5, 0.6) is 5.75 Å². The van der Waals surface area contributed by atoms with E-state index in [1.807, 2.05) is 50.5 Å². The Morgan fingerprint density at radius 3 is 2.58 bits per heavy atom. The summed E-state index contributed by atoms with van der Waals surface area (Å²) in [6.45, 7) is 2.10.